The number of benzene rings is 4. The summed E-state index contributed by atoms with van der Waals surface area (Å²) in [6, 6.07) is 27.8. The smallest absolute Gasteiger partial charge is 0.116 e. The van der Waals surface area contributed by atoms with Crippen LogP contribution in [-0.2, 0) is 5.41 Å². The standard InChI is InChI=1S/C15H16O2.C10H8O/c1-15(2,11-3-7-13(16)8-4-11)12-5-9-14(17)10-6-12;11-10-6-5-8-3-1-2-4-9(8)7-10/h3-10,16-17H,1-2H3;1-7,11H. The van der Waals surface area contributed by atoms with E-state index in [0.717, 1.165) is 21.9 Å². The maximum Gasteiger partial charge on any atom is 0.116 e. The van der Waals surface area contributed by atoms with E-state index in [1.54, 1.807) is 36.4 Å². The second-order valence-electron chi connectivity index (χ2n) is 7.25. The van der Waals surface area contributed by atoms with Gasteiger partial charge in [-0.15, -0.1) is 0 Å². The molecular formula is C25H24O3. The summed E-state index contributed by atoms with van der Waals surface area (Å²) in [5, 5.41) is 30.0. The van der Waals surface area contributed by atoms with Crippen molar-refractivity contribution < 1.29 is 15.3 Å². The molecule has 4 aromatic carbocycles. The third-order valence-electron chi connectivity index (χ3n) is 4.91. The average Bonchev–Trinajstić information content (AvgIpc) is 2.69. The van der Waals surface area contributed by atoms with Gasteiger partial charge in [0, 0.05) is 5.41 Å². The van der Waals surface area contributed by atoms with Gasteiger partial charge in [0.15, 0.2) is 0 Å². The van der Waals surface area contributed by atoms with Crippen LogP contribution in [0.4, 0.5) is 0 Å². The summed E-state index contributed by atoms with van der Waals surface area (Å²) in [6.45, 7) is 4.23. The number of rotatable bonds is 2. The molecule has 0 radical (unpaired) electrons. The quantitative estimate of drug-likeness (QED) is 0.406. The van der Waals surface area contributed by atoms with Crippen molar-refractivity contribution in [1.82, 2.24) is 0 Å². The maximum atomic E-state index is 9.30. The third-order valence-corrected chi connectivity index (χ3v) is 4.91. The molecule has 142 valence electrons. The van der Waals surface area contributed by atoms with Gasteiger partial charge in [0.1, 0.15) is 17.2 Å². The molecule has 4 aromatic rings. The molecule has 0 spiro atoms. The second-order valence-corrected chi connectivity index (χ2v) is 7.25. The SMILES string of the molecule is CC(C)(c1ccc(O)cc1)c1ccc(O)cc1.Oc1ccc2ccccc2c1. The molecule has 0 aromatic heterocycles. The Hall–Kier alpha value is -3.46. The molecule has 4 rings (SSSR count). The molecule has 0 aliphatic rings. The lowest BCUT2D eigenvalue weighted by Gasteiger charge is -2.26. The fourth-order valence-electron chi connectivity index (χ4n) is 3.10. The van der Waals surface area contributed by atoms with E-state index in [1.165, 1.54) is 0 Å². The molecule has 0 saturated carbocycles. The first kappa shape index (κ1) is 19.3. The Morgan fingerprint density at radius 2 is 0.929 bits per heavy atom. The highest BCUT2D eigenvalue weighted by molar-refractivity contribution is 5.83. The van der Waals surface area contributed by atoms with Gasteiger partial charge >= 0.3 is 0 Å². The van der Waals surface area contributed by atoms with Crippen molar-refractivity contribution in [2.75, 3.05) is 0 Å². The largest absolute Gasteiger partial charge is 0.508 e. The lowest BCUT2D eigenvalue weighted by Crippen LogP contribution is -2.18. The van der Waals surface area contributed by atoms with E-state index in [4.69, 9.17) is 5.11 Å². The minimum atomic E-state index is -0.151. The van der Waals surface area contributed by atoms with Crippen molar-refractivity contribution in [2.24, 2.45) is 0 Å². The van der Waals surface area contributed by atoms with Crippen molar-refractivity contribution in [3.8, 4) is 17.2 Å². The van der Waals surface area contributed by atoms with E-state index in [0.29, 0.717) is 5.75 Å². The Morgan fingerprint density at radius 1 is 0.500 bits per heavy atom. The summed E-state index contributed by atoms with van der Waals surface area (Å²) in [5.74, 6) is 0.870. The molecule has 0 aliphatic heterocycles. The van der Waals surface area contributed by atoms with Gasteiger partial charge in [0.05, 0.1) is 0 Å². The Kier molecular flexibility index (Phi) is 5.55. The van der Waals surface area contributed by atoms with Crippen LogP contribution in [0.15, 0.2) is 91.0 Å². The number of hydrogen-bond donors (Lipinski definition) is 3. The van der Waals surface area contributed by atoms with E-state index in [-0.39, 0.29) is 16.9 Å². The normalized spacial score (nSPS) is 10.9. The summed E-state index contributed by atoms with van der Waals surface area (Å²) >= 11 is 0. The summed E-state index contributed by atoms with van der Waals surface area (Å²) in [7, 11) is 0. The van der Waals surface area contributed by atoms with Crippen molar-refractivity contribution >= 4 is 10.8 Å². The number of phenolic OH excluding ortho intramolecular Hbond substituents is 3. The monoisotopic (exact) mass is 372 g/mol. The molecule has 0 atom stereocenters. The Bertz CT molecular complexity index is 1000. The Morgan fingerprint density at radius 3 is 1.43 bits per heavy atom. The van der Waals surface area contributed by atoms with E-state index in [2.05, 4.69) is 13.8 Å². The van der Waals surface area contributed by atoms with Crippen LogP contribution in [0.1, 0.15) is 25.0 Å². The fourth-order valence-corrected chi connectivity index (χ4v) is 3.10. The predicted octanol–water partition coefficient (Wildman–Crippen LogP) is 5.97. The van der Waals surface area contributed by atoms with Gasteiger partial charge in [0.2, 0.25) is 0 Å². The number of phenols is 3. The predicted molar refractivity (Wildman–Crippen MR) is 114 cm³/mol. The number of hydrogen-bond acceptors (Lipinski definition) is 3. The third kappa shape index (κ3) is 4.44. The molecule has 0 fully saturated rings. The van der Waals surface area contributed by atoms with Gasteiger partial charge in [-0.1, -0.05) is 68.4 Å². The van der Waals surface area contributed by atoms with E-state index >= 15 is 0 Å². The van der Waals surface area contributed by atoms with Crippen molar-refractivity contribution in [3.63, 3.8) is 0 Å². The van der Waals surface area contributed by atoms with Crippen LogP contribution in [0.3, 0.4) is 0 Å². The summed E-state index contributed by atoms with van der Waals surface area (Å²) in [4.78, 5) is 0. The Labute approximate surface area is 165 Å². The summed E-state index contributed by atoms with van der Waals surface area (Å²) < 4.78 is 0. The average molecular weight is 372 g/mol. The first-order valence-electron chi connectivity index (χ1n) is 9.13. The zero-order chi connectivity index (χ0) is 20.1. The molecule has 0 bridgehead atoms. The second kappa shape index (κ2) is 8.05. The van der Waals surface area contributed by atoms with Crippen LogP contribution >= 0.6 is 0 Å². The maximum absolute atomic E-state index is 9.30. The molecule has 0 amide bonds. The van der Waals surface area contributed by atoms with Crippen LogP contribution < -0.4 is 0 Å². The molecule has 3 heteroatoms. The minimum absolute atomic E-state index is 0.151. The molecule has 0 aliphatic carbocycles. The lowest BCUT2D eigenvalue weighted by atomic mass is 9.78. The summed E-state index contributed by atoms with van der Waals surface area (Å²) in [6.07, 6.45) is 0. The van der Waals surface area contributed by atoms with Crippen molar-refractivity contribution in [3.05, 3.63) is 102 Å². The van der Waals surface area contributed by atoms with Crippen LogP contribution in [0.2, 0.25) is 0 Å². The first-order chi connectivity index (χ1) is 13.4. The number of aromatic hydroxyl groups is 3. The zero-order valence-corrected chi connectivity index (χ0v) is 16.0. The molecular weight excluding hydrogens is 348 g/mol. The van der Waals surface area contributed by atoms with Crippen molar-refractivity contribution in [2.45, 2.75) is 19.3 Å². The fraction of sp³-hybridized carbons (Fsp3) is 0.120. The highest BCUT2D eigenvalue weighted by Crippen LogP contribution is 2.32. The highest BCUT2D eigenvalue weighted by Gasteiger charge is 2.22. The first-order valence-corrected chi connectivity index (χ1v) is 9.13. The molecule has 0 saturated heterocycles. The Balaban J connectivity index is 0.000000176. The van der Waals surface area contributed by atoms with E-state index < -0.39 is 0 Å². The van der Waals surface area contributed by atoms with Gasteiger partial charge < -0.3 is 15.3 Å². The minimum Gasteiger partial charge on any atom is -0.508 e. The molecule has 3 nitrogen and oxygen atoms in total. The van der Waals surface area contributed by atoms with Crippen LogP contribution in [0.25, 0.3) is 10.8 Å². The molecule has 0 heterocycles. The van der Waals surface area contributed by atoms with Crippen LogP contribution in [-0.4, -0.2) is 15.3 Å². The molecule has 28 heavy (non-hydrogen) atoms. The van der Waals surface area contributed by atoms with Gasteiger partial charge in [-0.05, 0) is 58.3 Å². The lowest BCUT2D eigenvalue weighted by molar-refractivity contribution is 0.473. The van der Waals surface area contributed by atoms with Gasteiger partial charge in [0.25, 0.3) is 0 Å². The van der Waals surface area contributed by atoms with Gasteiger partial charge in [-0.3, -0.25) is 0 Å². The van der Waals surface area contributed by atoms with E-state index in [9.17, 15) is 10.2 Å². The van der Waals surface area contributed by atoms with Crippen LogP contribution in [0.5, 0.6) is 17.2 Å². The molecule has 3 N–H and O–H groups in total. The topological polar surface area (TPSA) is 60.7 Å². The van der Waals surface area contributed by atoms with Gasteiger partial charge in [-0.2, -0.15) is 0 Å². The van der Waals surface area contributed by atoms with Gasteiger partial charge in [-0.25, -0.2) is 0 Å². The highest BCUT2D eigenvalue weighted by atomic mass is 16.3. The van der Waals surface area contributed by atoms with Crippen molar-refractivity contribution in [1.29, 1.82) is 0 Å². The zero-order valence-electron chi connectivity index (χ0n) is 16.0. The molecule has 0 unspecified atom stereocenters. The van der Waals surface area contributed by atoms with Crippen LogP contribution in [0, 0.1) is 0 Å². The number of fused-ring (bicyclic) bond motifs is 1. The van der Waals surface area contributed by atoms with E-state index in [1.807, 2.05) is 54.6 Å². The summed E-state index contributed by atoms with van der Waals surface area (Å²) in [5.41, 5.74) is 2.10.